The van der Waals surface area contributed by atoms with E-state index in [1.54, 1.807) is 31.3 Å². The Morgan fingerprint density at radius 2 is 2.22 bits per heavy atom. The van der Waals surface area contributed by atoms with Crippen molar-refractivity contribution in [2.75, 3.05) is 13.1 Å². The van der Waals surface area contributed by atoms with Crippen LogP contribution in [0, 0.1) is 6.92 Å². The molecule has 0 bridgehead atoms. The number of sulfonamides is 1. The average Bonchev–Trinajstić information content (AvgIpc) is 2.95. The van der Waals surface area contributed by atoms with Crippen LogP contribution >= 0.6 is 27.3 Å². The number of ether oxygens (including phenoxy) is 1. The van der Waals surface area contributed by atoms with E-state index in [1.165, 1.54) is 15.6 Å². The number of nitrogens with zero attached hydrogens (tertiary/aromatic N) is 3. The lowest BCUT2D eigenvalue weighted by atomic mass is 10.1. The zero-order valence-corrected chi connectivity index (χ0v) is 15.7. The molecule has 2 aromatic heterocycles. The summed E-state index contributed by atoms with van der Waals surface area (Å²) in [5.74, 6) is 1.12. The highest BCUT2D eigenvalue weighted by Crippen LogP contribution is 2.30. The van der Waals surface area contributed by atoms with Crippen molar-refractivity contribution in [3.63, 3.8) is 0 Å². The van der Waals surface area contributed by atoms with Gasteiger partial charge in [-0.2, -0.15) is 9.29 Å². The molecule has 0 radical (unpaired) electrons. The van der Waals surface area contributed by atoms with Crippen LogP contribution in [-0.4, -0.2) is 41.9 Å². The highest BCUT2D eigenvalue weighted by molar-refractivity contribution is 9.11. The van der Waals surface area contributed by atoms with Crippen molar-refractivity contribution in [2.24, 2.45) is 0 Å². The summed E-state index contributed by atoms with van der Waals surface area (Å²) in [5, 5.41) is 0. The molecule has 1 aliphatic rings. The second kappa shape index (κ2) is 6.84. The van der Waals surface area contributed by atoms with Gasteiger partial charge in [0.15, 0.2) is 0 Å². The van der Waals surface area contributed by atoms with Crippen LogP contribution < -0.4 is 4.74 Å². The van der Waals surface area contributed by atoms with Crippen LogP contribution in [-0.2, 0) is 10.0 Å². The highest BCUT2D eigenvalue weighted by Gasteiger charge is 2.32. The van der Waals surface area contributed by atoms with Crippen LogP contribution in [0.25, 0.3) is 0 Å². The van der Waals surface area contributed by atoms with Gasteiger partial charge in [0.05, 0.1) is 10.3 Å². The number of aromatic nitrogens is 2. The highest BCUT2D eigenvalue weighted by atomic mass is 79.9. The first kappa shape index (κ1) is 16.8. The van der Waals surface area contributed by atoms with Crippen LogP contribution in [0.15, 0.2) is 32.4 Å². The van der Waals surface area contributed by atoms with Crippen LogP contribution in [0.5, 0.6) is 5.88 Å². The van der Waals surface area contributed by atoms with E-state index in [4.69, 9.17) is 4.74 Å². The van der Waals surface area contributed by atoms with Crippen molar-refractivity contribution >= 4 is 37.3 Å². The third kappa shape index (κ3) is 3.90. The van der Waals surface area contributed by atoms with Gasteiger partial charge in [0.1, 0.15) is 16.1 Å². The molecule has 1 fully saturated rings. The molecule has 6 nitrogen and oxygen atoms in total. The van der Waals surface area contributed by atoms with Gasteiger partial charge >= 0.3 is 0 Å². The fourth-order valence-corrected chi connectivity index (χ4v) is 6.13. The molecule has 0 N–H and O–H groups in total. The number of halogens is 1. The molecule has 1 saturated heterocycles. The minimum absolute atomic E-state index is 0.198. The zero-order chi connectivity index (χ0) is 16.4. The van der Waals surface area contributed by atoms with Gasteiger partial charge in [0.25, 0.3) is 10.0 Å². The Hall–Kier alpha value is -1.03. The van der Waals surface area contributed by atoms with Crippen LogP contribution in [0.3, 0.4) is 0 Å². The monoisotopic (exact) mass is 417 g/mol. The van der Waals surface area contributed by atoms with Crippen LogP contribution in [0.2, 0.25) is 0 Å². The largest absolute Gasteiger partial charge is 0.473 e. The number of aryl methyl sites for hydroxylation is 1. The average molecular weight is 418 g/mol. The van der Waals surface area contributed by atoms with E-state index in [0.29, 0.717) is 29.0 Å². The first-order valence-corrected chi connectivity index (χ1v) is 10.2. The smallest absolute Gasteiger partial charge is 0.252 e. The van der Waals surface area contributed by atoms with E-state index in [2.05, 4.69) is 25.9 Å². The van der Waals surface area contributed by atoms with Crippen molar-refractivity contribution < 1.29 is 13.2 Å². The molecule has 1 aliphatic heterocycles. The summed E-state index contributed by atoms with van der Waals surface area (Å²) in [6.45, 7) is 2.64. The summed E-state index contributed by atoms with van der Waals surface area (Å²) in [5.41, 5.74) is 0. The molecule has 9 heteroatoms. The predicted molar refractivity (Wildman–Crippen MR) is 91.2 cm³/mol. The van der Waals surface area contributed by atoms with Gasteiger partial charge in [-0.1, -0.05) is 0 Å². The first-order chi connectivity index (χ1) is 10.9. The van der Waals surface area contributed by atoms with E-state index in [9.17, 15) is 8.42 Å². The summed E-state index contributed by atoms with van der Waals surface area (Å²) in [6, 6.07) is 5.07. The maximum absolute atomic E-state index is 12.7. The van der Waals surface area contributed by atoms with Crippen molar-refractivity contribution in [1.29, 1.82) is 0 Å². The lowest BCUT2D eigenvalue weighted by Crippen LogP contribution is -2.44. The summed E-state index contributed by atoms with van der Waals surface area (Å²) in [7, 11) is -3.47. The van der Waals surface area contributed by atoms with E-state index in [1.807, 2.05) is 0 Å². The molecule has 0 spiro atoms. The topological polar surface area (TPSA) is 72.4 Å². The molecular weight excluding hydrogens is 402 g/mol. The molecule has 23 heavy (non-hydrogen) atoms. The third-order valence-electron chi connectivity index (χ3n) is 3.52. The van der Waals surface area contributed by atoms with Crippen LogP contribution in [0.4, 0.5) is 0 Å². The van der Waals surface area contributed by atoms with Crippen molar-refractivity contribution in [1.82, 2.24) is 14.3 Å². The first-order valence-electron chi connectivity index (χ1n) is 7.17. The van der Waals surface area contributed by atoms with Gasteiger partial charge in [-0.25, -0.2) is 13.4 Å². The fourth-order valence-electron chi connectivity index (χ4n) is 2.45. The molecule has 2 aromatic rings. The third-order valence-corrected chi connectivity index (χ3v) is 7.48. The normalized spacial score (nSPS) is 19.7. The van der Waals surface area contributed by atoms with E-state index < -0.39 is 10.0 Å². The molecule has 1 unspecified atom stereocenters. The summed E-state index contributed by atoms with van der Waals surface area (Å²) < 4.78 is 33.9. The molecule has 0 saturated carbocycles. The van der Waals surface area contributed by atoms with E-state index in [-0.39, 0.29) is 6.10 Å². The zero-order valence-electron chi connectivity index (χ0n) is 12.5. The molecule has 0 amide bonds. The van der Waals surface area contributed by atoms with Gasteiger partial charge in [-0.3, -0.25) is 0 Å². The van der Waals surface area contributed by atoms with Crippen molar-refractivity contribution in [2.45, 2.75) is 30.1 Å². The quantitative estimate of drug-likeness (QED) is 0.764. The van der Waals surface area contributed by atoms with Gasteiger partial charge in [-0.15, -0.1) is 11.3 Å². The van der Waals surface area contributed by atoms with Gasteiger partial charge < -0.3 is 4.74 Å². The second-order valence-electron chi connectivity index (χ2n) is 5.25. The SMILES string of the molecule is Cc1nccc(OC2CCCN(S(=O)(=O)c3ccc(Br)s3)C2)n1. The lowest BCUT2D eigenvalue weighted by Gasteiger charge is -2.31. The number of hydrogen-bond donors (Lipinski definition) is 0. The Morgan fingerprint density at radius 3 is 2.91 bits per heavy atom. The minimum atomic E-state index is -3.47. The van der Waals surface area contributed by atoms with Gasteiger partial charge in [0, 0.05) is 18.8 Å². The van der Waals surface area contributed by atoms with E-state index in [0.717, 1.165) is 16.6 Å². The Balaban J connectivity index is 1.73. The molecular formula is C14H16BrN3O3S2. The minimum Gasteiger partial charge on any atom is -0.473 e. The molecule has 124 valence electrons. The molecule has 3 rings (SSSR count). The number of hydrogen-bond acceptors (Lipinski definition) is 6. The molecule has 1 atom stereocenters. The standard InChI is InChI=1S/C14H16BrN3O3S2/c1-10-16-7-6-13(17-10)21-11-3-2-8-18(9-11)23(19,20)14-5-4-12(15)22-14/h4-7,11H,2-3,8-9H2,1H3. The van der Waals surface area contributed by atoms with Gasteiger partial charge in [0.2, 0.25) is 5.88 Å². The van der Waals surface area contributed by atoms with Crippen molar-refractivity contribution in [3.8, 4) is 5.88 Å². The number of piperidine rings is 1. The number of thiophene rings is 1. The predicted octanol–water partition coefficient (Wildman–Crippen LogP) is 2.84. The maximum atomic E-state index is 12.7. The second-order valence-corrected chi connectivity index (χ2v) is 9.87. The van der Waals surface area contributed by atoms with Gasteiger partial charge in [-0.05, 0) is 47.8 Å². The fraction of sp³-hybridized carbons (Fsp3) is 0.429. The van der Waals surface area contributed by atoms with E-state index >= 15 is 0 Å². The maximum Gasteiger partial charge on any atom is 0.252 e. The molecule has 3 heterocycles. The summed E-state index contributed by atoms with van der Waals surface area (Å²) >= 11 is 4.53. The Bertz CT molecular complexity index is 794. The van der Waals surface area contributed by atoms with Crippen LogP contribution in [0.1, 0.15) is 18.7 Å². The molecule has 0 aliphatic carbocycles. The Morgan fingerprint density at radius 1 is 1.39 bits per heavy atom. The Labute approximate surface area is 147 Å². The Kier molecular flexibility index (Phi) is 5.00. The number of rotatable bonds is 4. The molecule has 0 aromatic carbocycles. The summed E-state index contributed by atoms with van der Waals surface area (Å²) in [6.07, 6.45) is 3.01. The van der Waals surface area contributed by atoms with Crippen molar-refractivity contribution in [3.05, 3.63) is 34.0 Å². The summed E-state index contributed by atoms with van der Waals surface area (Å²) in [4.78, 5) is 8.24. The lowest BCUT2D eigenvalue weighted by molar-refractivity contribution is 0.124.